The van der Waals surface area contributed by atoms with Gasteiger partial charge in [0.1, 0.15) is 0 Å². The van der Waals surface area contributed by atoms with Gasteiger partial charge in [-0.2, -0.15) is 0 Å². The molecule has 122 valence electrons. The van der Waals surface area contributed by atoms with Gasteiger partial charge in [0.05, 0.1) is 0 Å². The monoisotopic (exact) mass is 437 g/mol. The molecule has 25 heavy (non-hydrogen) atoms. The molecule has 4 heteroatoms. The minimum Gasteiger partial charge on any atom is -0.208 e. The lowest BCUT2D eigenvalue weighted by molar-refractivity contribution is 0.853. The summed E-state index contributed by atoms with van der Waals surface area (Å²) >= 11 is 2.15. The summed E-state index contributed by atoms with van der Waals surface area (Å²) in [6, 6.07) is 18.5. The maximum absolute atomic E-state index is 4.70. The summed E-state index contributed by atoms with van der Waals surface area (Å²) in [4.78, 5) is 13.7. The summed E-state index contributed by atoms with van der Waals surface area (Å²) in [6.45, 7) is 0. The molecule has 0 aliphatic heterocycles. The molecule has 3 aromatic rings. The van der Waals surface area contributed by atoms with Crippen molar-refractivity contribution in [1.29, 1.82) is 0 Å². The van der Waals surface area contributed by atoms with Crippen molar-refractivity contribution in [3.63, 3.8) is 0 Å². The first kappa shape index (κ1) is 16.1. The second-order valence-electron chi connectivity index (χ2n) is 5.90. The van der Waals surface area contributed by atoms with Crippen molar-refractivity contribution >= 4 is 22.6 Å². The van der Waals surface area contributed by atoms with E-state index in [2.05, 4.69) is 81.1 Å². The molecule has 0 radical (unpaired) electrons. The summed E-state index contributed by atoms with van der Waals surface area (Å²) in [7, 11) is 0. The van der Waals surface area contributed by atoms with Gasteiger partial charge >= 0.3 is 0 Å². The average Bonchev–Trinajstić information content (AvgIpc) is 2.69. The second kappa shape index (κ2) is 7.27. The van der Waals surface area contributed by atoms with Crippen LogP contribution in [0.1, 0.15) is 17.9 Å². The fourth-order valence-corrected chi connectivity index (χ4v) is 3.39. The van der Waals surface area contributed by atoms with E-state index in [0.29, 0.717) is 15.6 Å². The summed E-state index contributed by atoms with van der Waals surface area (Å²) in [5.74, 6) is 1.84. The molecule has 3 nitrogen and oxygen atoms in total. The molecule has 1 aromatic heterocycles. The smallest absolute Gasteiger partial charge is 0.194 e. The van der Waals surface area contributed by atoms with Gasteiger partial charge in [-0.1, -0.05) is 72.8 Å². The maximum Gasteiger partial charge on any atom is 0.194 e. The van der Waals surface area contributed by atoms with Crippen molar-refractivity contribution in [2.24, 2.45) is 0 Å². The third-order valence-electron chi connectivity index (χ3n) is 4.19. The number of aromatic nitrogens is 3. The molecular formula is C21H16IN3. The number of rotatable bonds is 3. The van der Waals surface area contributed by atoms with E-state index in [1.165, 1.54) is 5.56 Å². The maximum atomic E-state index is 4.70. The zero-order valence-corrected chi connectivity index (χ0v) is 15.7. The molecule has 0 fully saturated rings. The standard InChI is InChI=1S/C21H16IN3/c22-21-24-19(16-10-5-2-6-11-16)23-20(25-21)18-13-7-12-17(14-18)15-8-3-1-4-9-15/h1-8,10-15H,9H2. The van der Waals surface area contributed by atoms with Crippen LogP contribution in [0.5, 0.6) is 0 Å². The Hall–Kier alpha value is -2.34. The van der Waals surface area contributed by atoms with E-state index in [4.69, 9.17) is 4.98 Å². The molecule has 0 saturated heterocycles. The van der Waals surface area contributed by atoms with Gasteiger partial charge in [-0.3, -0.25) is 0 Å². The lowest BCUT2D eigenvalue weighted by atomic mass is 9.91. The van der Waals surface area contributed by atoms with Crippen LogP contribution in [0.3, 0.4) is 0 Å². The van der Waals surface area contributed by atoms with Crippen LogP contribution in [-0.2, 0) is 0 Å². The Morgan fingerprint density at radius 1 is 0.800 bits per heavy atom. The van der Waals surface area contributed by atoms with Gasteiger partial charge < -0.3 is 0 Å². The summed E-state index contributed by atoms with van der Waals surface area (Å²) < 4.78 is 0.701. The van der Waals surface area contributed by atoms with Gasteiger partial charge in [-0.05, 0) is 18.1 Å². The average molecular weight is 437 g/mol. The first-order valence-corrected chi connectivity index (χ1v) is 9.28. The Bertz CT molecular complexity index is 948. The van der Waals surface area contributed by atoms with Crippen LogP contribution < -0.4 is 0 Å². The molecule has 1 aliphatic rings. The number of allylic oxidation sites excluding steroid dienone is 4. The summed E-state index contributed by atoms with van der Waals surface area (Å²) in [5.41, 5.74) is 3.31. The highest BCUT2D eigenvalue weighted by Crippen LogP contribution is 2.28. The third-order valence-corrected chi connectivity index (χ3v) is 4.68. The topological polar surface area (TPSA) is 38.7 Å². The van der Waals surface area contributed by atoms with Crippen LogP contribution in [-0.4, -0.2) is 15.0 Å². The first-order valence-electron chi connectivity index (χ1n) is 8.20. The summed E-state index contributed by atoms with van der Waals surface area (Å²) in [6.07, 6.45) is 9.69. The number of halogens is 1. The van der Waals surface area contributed by atoms with E-state index in [1.54, 1.807) is 0 Å². The molecule has 1 unspecified atom stereocenters. The van der Waals surface area contributed by atoms with Gasteiger partial charge in [0.2, 0.25) is 0 Å². The van der Waals surface area contributed by atoms with Crippen molar-refractivity contribution in [2.45, 2.75) is 12.3 Å². The Labute approximate surface area is 160 Å². The fourth-order valence-electron chi connectivity index (χ4n) is 2.93. The molecule has 2 aromatic carbocycles. The van der Waals surface area contributed by atoms with E-state index in [9.17, 15) is 0 Å². The second-order valence-corrected chi connectivity index (χ2v) is 6.86. The predicted octanol–water partition coefficient (Wildman–Crippen LogP) is 5.41. The van der Waals surface area contributed by atoms with E-state index in [0.717, 1.165) is 23.4 Å². The molecule has 0 saturated carbocycles. The molecule has 0 spiro atoms. The van der Waals surface area contributed by atoms with Crippen LogP contribution in [0, 0.1) is 3.83 Å². The fraction of sp³-hybridized carbons (Fsp3) is 0.0952. The quantitative estimate of drug-likeness (QED) is 0.515. The molecular weight excluding hydrogens is 421 g/mol. The molecule has 1 heterocycles. The zero-order valence-electron chi connectivity index (χ0n) is 13.5. The highest BCUT2D eigenvalue weighted by molar-refractivity contribution is 14.1. The largest absolute Gasteiger partial charge is 0.208 e. The molecule has 0 amide bonds. The molecule has 1 atom stereocenters. The summed E-state index contributed by atoms with van der Waals surface area (Å²) in [5, 5.41) is 0. The number of nitrogens with zero attached hydrogens (tertiary/aromatic N) is 3. The highest BCUT2D eigenvalue weighted by atomic mass is 127. The van der Waals surface area contributed by atoms with Crippen molar-refractivity contribution in [3.05, 3.63) is 88.3 Å². The normalized spacial score (nSPS) is 16.1. The predicted molar refractivity (Wildman–Crippen MR) is 109 cm³/mol. The van der Waals surface area contributed by atoms with Crippen molar-refractivity contribution in [3.8, 4) is 22.8 Å². The Morgan fingerprint density at radius 2 is 1.56 bits per heavy atom. The van der Waals surface area contributed by atoms with Crippen LogP contribution in [0.2, 0.25) is 0 Å². The zero-order chi connectivity index (χ0) is 17.1. The molecule has 1 aliphatic carbocycles. The first-order chi connectivity index (χ1) is 12.3. The Morgan fingerprint density at radius 3 is 2.32 bits per heavy atom. The lowest BCUT2D eigenvalue weighted by Gasteiger charge is -2.14. The van der Waals surface area contributed by atoms with Crippen molar-refractivity contribution < 1.29 is 0 Å². The number of hydrogen-bond acceptors (Lipinski definition) is 3. The number of hydrogen-bond donors (Lipinski definition) is 0. The minimum absolute atomic E-state index is 0.416. The van der Waals surface area contributed by atoms with Gasteiger partial charge in [0.25, 0.3) is 0 Å². The van der Waals surface area contributed by atoms with Gasteiger partial charge in [-0.15, -0.1) is 0 Å². The highest BCUT2D eigenvalue weighted by Gasteiger charge is 2.12. The van der Waals surface area contributed by atoms with Crippen molar-refractivity contribution in [2.75, 3.05) is 0 Å². The molecule has 4 rings (SSSR count). The number of benzene rings is 2. The van der Waals surface area contributed by atoms with E-state index >= 15 is 0 Å². The lowest BCUT2D eigenvalue weighted by Crippen LogP contribution is -2.01. The Kier molecular flexibility index (Phi) is 4.70. The van der Waals surface area contributed by atoms with Crippen molar-refractivity contribution in [1.82, 2.24) is 15.0 Å². The SMILES string of the molecule is Ic1nc(-c2ccccc2)nc(-c2cccc(C3C=CC=CC3)c2)n1. The third kappa shape index (κ3) is 3.69. The van der Waals surface area contributed by atoms with E-state index < -0.39 is 0 Å². The van der Waals surface area contributed by atoms with Crippen LogP contribution in [0.25, 0.3) is 22.8 Å². The molecule has 0 bridgehead atoms. The van der Waals surface area contributed by atoms with Crippen LogP contribution in [0.4, 0.5) is 0 Å². The minimum atomic E-state index is 0.416. The van der Waals surface area contributed by atoms with Crippen LogP contribution in [0.15, 0.2) is 78.9 Å². The van der Waals surface area contributed by atoms with Gasteiger partial charge in [0, 0.05) is 39.6 Å². The van der Waals surface area contributed by atoms with Gasteiger partial charge in [-0.25, -0.2) is 15.0 Å². The van der Waals surface area contributed by atoms with Crippen LogP contribution >= 0.6 is 22.6 Å². The van der Waals surface area contributed by atoms with E-state index in [1.807, 2.05) is 30.3 Å². The van der Waals surface area contributed by atoms with E-state index in [-0.39, 0.29) is 0 Å². The van der Waals surface area contributed by atoms with Gasteiger partial charge in [0.15, 0.2) is 15.5 Å². The molecule has 0 N–H and O–H groups in total. The Balaban J connectivity index is 1.74.